The second-order valence-corrected chi connectivity index (χ2v) is 9.24. The number of amides is 1. The van der Waals surface area contributed by atoms with Crippen molar-refractivity contribution >= 4 is 28.4 Å². The van der Waals surface area contributed by atoms with Crippen LogP contribution in [0.1, 0.15) is 26.2 Å². The fourth-order valence-electron chi connectivity index (χ4n) is 4.98. The summed E-state index contributed by atoms with van der Waals surface area (Å²) in [4.78, 5) is 29.2. The molecular weight excluding hydrogens is 445 g/mol. The quantitative estimate of drug-likeness (QED) is 0.532. The first-order valence-corrected chi connectivity index (χ1v) is 12.6. The number of hydrogen-bond donors (Lipinski definition) is 0. The number of piperidine rings is 1. The molecule has 0 spiro atoms. The SMILES string of the molecule is CCCOc1nc2ccccc2nc1N1CCC[C@@H](C(=O)N2CCN(c3ccccc3F)CC2)C1. The minimum absolute atomic E-state index is 0.101. The van der Waals surface area contributed by atoms with Crippen molar-refractivity contribution in [2.45, 2.75) is 26.2 Å². The van der Waals surface area contributed by atoms with Gasteiger partial charge in [-0.2, -0.15) is 0 Å². The van der Waals surface area contributed by atoms with Gasteiger partial charge in [0.2, 0.25) is 5.91 Å². The summed E-state index contributed by atoms with van der Waals surface area (Å²) in [7, 11) is 0. The predicted octanol–water partition coefficient (Wildman–Crippen LogP) is 4.12. The van der Waals surface area contributed by atoms with E-state index in [-0.39, 0.29) is 17.6 Å². The van der Waals surface area contributed by atoms with E-state index in [1.54, 1.807) is 12.1 Å². The van der Waals surface area contributed by atoms with E-state index in [1.165, 1.54) is 6.07 Å². The van der Waals surface area contributed by atoms with Crippen LogP contribution in [-0.4, -0.2) is 66.7 Å². The topological polar surface area (TPSA) is 61.8 Å². The molecule has 5 rings (SSSR count). The number of nitrogens with zero attached hydrogens (tertiary/aromatic N) is 5. The highest BCUT2D eigenvalue weighted by Gasteiger charge is 2.33. The molecule has 3 aromatic rings. The minimum Gasteiger partial charge on any atom is -0.475 e. The van der Waals surface area contributed by atoms with Crippen molar-refractivity contribution < 1.29 is 13.9 Å². The number of fused-ring (bicyclic) bond motifs is 1. The highest BCUT2D eigenvalue weighted by molar-refractivity contribution is 5.81. The second kappa shape index (κ2) is 10.5. The molecule has 2 fully saturated rings. The molecular formula is C27H32FN5O2. The van der Waals surface area contributed by atoms with E-state index in [0.29, 0.717) is 50.9 Å². The van der Waals surface area contributed by atoms with Gasteiger partial charge in [0.15, 0.2) is 5.82 Å². The summed E-state index contributed by atoms with van der Waals surface area (Å²) in [5.74, 6) is 1.12. The third-order valence-electron chi connectivity index (χ3n) is 6.82. The van der Waals surface area contributed by atoms with E-state index in [9.17, 15) is 9.18 Å². The number of hydrogen-bond acceptors (Lipinski definition) is 6. The molecule has 1 amide bonds. The van der Waals surface area contributed by atoms with Gasteiger partial charge < -0.3 is 19.4 Å². The lowest BCUT2D eigenvalue weighted by Crippen LogP contribution is -2.53. The fourth-order valence-corrected chi connectivity index (χ4v) is 4.98. The zero-order valence-corrected chi connectivity index (χ0v) is 20.2. The Hall–Kier alpha value is -3.42. The number of benzene rings is 2. The Morgan fingerprint density at radius 3 is 2.43 bits per heavy atom. The van der Waals surface area contributed by atoms with Crippen molar-refractivity contribution in [1.82, 2.24) is 14.9 Å². The largest absolute Gasteiger partial charge is 0.475 e. The number of carbonyl (C=O) groups excluding carboxylic acids is 1. The highest BCUT2D eigenvalue weighted by atomic mass is 19.1. The van der Waals surface area contributed by atoms with Gasteiger partial charge in [-0.05, 0) is 43.5 Å². The first-order valence-electron chi connectivity index (χ1n) is 12.6. The van der Waals surface area contributed by atoms with Crippen LogP contribution in [0, 0.1) is 11.7 Å². The van der Waals surface area contributed by atoms with Crippen LogP contribution < -0.4 is 14.5 Å². The van der Waals surface area contributed by atoms with Crippen LogP contribution in [0.3, 0.4) is 0 Å². The molecule has 3 heterocycles. The van der Waals surface area contributed by atoms with Crippen molar-refractivity contribution in [2.24, 2.45) is 5.92 Å². The maximum absolute atomic E-state index is 14.2. The number of ether oxygens (including phenoxy) is 1. The molecule has 0 radical (unpaired) electrons. The Kier molecular flexibility index (Phi) is 6.97. The highest BCUT2D eigenvalue weighted by Crippen LogP contribution is 2.31. The van der Waals surface area contributed by atoms with Gasteiger partial charge in [0.1, 0.15) is 5.82 Å². The van der Waals surface area contributed by atoms with E-state index in [4.69, 9.17) is 14.7 Å². The standard InChI is InChI=1S/C27H32FN5O2/c1-2-18-35-26-25(29-22-10-4-5-11-23(22)30-26)33-13-7-8-20(19-33)27(34)32-16-14-31(15-17-32)24-12-6-3-9-21(24)28/h3-6,9-12,20H,2,7-8,13-19H2,1H3/t20-/m1/s1. The third kappa shape index (κ3) is 5.01. The third-order valence-corrected chi connectivity index (χ3v) is 6.82. The van der Waals surface area contributed by atoms with Crippen LogP contribution in [-0.2, 0) is 4.79 Å². The fraction of sp³-hybridized carbons (Fsp3) is 0.444. The molecule has 0 saturated carbocycles. The molecule has 2 aliphatic heterocycles. The van der Waals surface area contributed by atoms with Crippen molar-refractivity contribution in [3.05, 3.63) is 54.3 Å². The predicted molar refractivity (Wildman–Crippen MR) is 135 cm³/mol. The maximum atomic E-state index is 14.2. The number of halogens is 1. The molecule has 0 bridgehead atoms. The van der Waals surface area contributed by atoms with Gasteiger partial charge in [-0.25, -0.2) is 14.4 Å². The summed E-state index contributed by atoms with van der Waals surface area (Å²) in [6, 6.07) is 14.6. The summed E-state index contributed by atoms with van der Waals surface area (Å²) in [5, 5.41) is 0. The molecule has 7 nitrogen and oxygen atoms in total. The average Bonchev–Trinajstić information content (AvgIpc) is 2.91. The van der Waals surface area contributed by atoms with Crippen LogP contribution in [0.4, 0.5) is 15.9 Å². The molecule has 2 aliphatic rings. The monoisotopic (exact) mass is 477 g/mol. The van der Waals surface area contributed by atoms with Crippen LogP contribution >= 0.6 is 0 Å². The average molecular weight is 478 g/mol. The minimum atomic E-state index is -0.215. The van der Waals surface area contributed by atoms with Gasteiger partial charge in [-0.15, -0.1) is 0 Å². The summed E-state index contributed by atoms with van der Waals surface area (Å²) in [6.07, 6.45) is 2.65. The van der Waals surface area contributed by atoms with Gasteiger partial charge in [0.25, 0.3) is 5.88 Å². The van der Waals surface area contributed by atoms with Crippen molar-refractivity contribution in [2.75, 3.05) is 55.7 Å². The molecule has 184 valence electrons. The second-order valence-electron chi connectivity index (χ2n) is 9.24. The summed E-state index contributed by atoms with van der Waals surface area (Å²) < 4.78 is 20.2. The molecule has 35 heavy (non-hydrogen) atoms. The lowest BCUT2D eigenvalue weighted by Gasteiger charge is -2.40. The number of anilines is 2. The van der Waals surface area contributed by atoms with Gasteiger partial charge in [-0.1, -0.05) is 31.2 Å². The van der Waals surface area contributed by atoms with Gasteiger partial charge in [0.05, 0.1) is 29.2 Å². The lowest BCUT2D eigenvalue weighted by molar-refractivity contribution is -0.136. The molecule has 0 N–H and O–H groups in total. The number of aromatic nitrogens is 2. The smallest absolute Gasteiger partial charge is 0.258 e. The number of para-hydroxylation sites is 3. The van der Waals surface area contributed by atoms with E-state index in [2.05, 4.69) is 11.8 Å². The van der Waals surface area contributed by atoms with Gasteiger partial charge >= 0.3 is 0 Å². The Bertz CT molecular complexity index is 1180. The van der Waals surface area contributed by atoms with Crippen LogP contribution in [0.2, 0.25) is 0 Å². The zero-order chi connectivity index (χ0) is 24.2. The Balaban J connectivity index is 1.28. The van der Waals surface area contributed by atoms with Crippen molar-refractivity contribution in [3.8, 4) is 5.88 Å². The zero-order valence-electron chi connectivity index (χ0n) is 20.2. The lowest BCUT2D eigenvalue weighted by atomic mass is 9.96. The van der Waals surface area contributed by atoms with Crippen molar-refractivity contribution in [1.29, 1.82) is 0 Å². The summed E-state index contributed by atoms with van der Waals surface area (Å²) in [6.45, 7) is 6.53. The molecule has 2 aromatic carbocycles. The van der Waals surface area contributed by atoms with Crippen molar-refractivity contribution in [3.63, 3.8) is 0 Å². The van der Waals surface area contributed by atoms with Crippen LogP contribution in [0.5, 0.6) is 5.88 Å². The van der Waals surface area contributed by atoms with Crippen LogP contribution in [0.25, 0.3) is 11.0 Å². The van der Waals surface area contributed by atoms with E-state index < -0.39 is 0 Å². The first-order chi connectivity index (χ1) is 17.1. The Labute approximate surface area is 205 Å². The molecule has 8 heteroatoms. The Morgan fingerprint density at radius 1 is 0.971 bits per heavy atom. The Morgan fingerprint density at radius 2 is 1.69 bits per heavy atom. The van der Waals surface area contributed by atoms with E-state index in [0.717, 1.165) is 42.7 Å². The summed E-state index contributed by atoms with van der Waals surface area (Å²) >= 11 is 0. The normalized spacial score (nSPS) is 18.7. The van der Waals surface area contributed by atoms with Gasteiger partial charge in [-0.3, -0.25) is 4.79 Å². The molecule has 0 aliphatic carbocycles. The molecule has 1 aromatic heterocycles. The maximum Gasteiger partial charge on any atom is 0.258 e. The molecule has 0 unspecified atom stereocenters. The first kappa shape index (κ1) is 23.3. The number of carbonyl (C=O) groups is 1. The molecule has 1 atom stereocenters. The van der Waals surface area contributed by atoms with E-state index >= 15 is 0 Å². The number of rotatable bonds is 6. The number of piperazine rings is 1. The van der Waals surface area contributed by atoms with Crippen LogP contribution in [0.15, 0.2) is 48.5 Å². The molecule has 2 saturated heterocycles. The summed E-state index contributed by atoms with van der Waals surface area (Å²) in [5.41, 5.74) is 2.24. The van der Waals surface area contributed by atoms with E-state index in [1.807, 2.05) is 40.1 Å². The van der Waals surface area contributed by atoms with Gasteiger partial charge in [0, 0.05) is 39.3 Å².